The van der Waals surface area contributed by atoms with E-state index in [0.29, 0.717) is 17.6 Å². The molecule has 1 unspecified atom stereocenters. The average molecular weight is 371 g/mol. The van der Waals surface area contributed by atoms with Crippen LogP contribution in [-0.4, -0.2) is 52.0 Å². The molecule has 1 saturated heterocycles. The van der Waals surface area contributed by atoms with Crippen molar-refractivity contribution in [1.82, 2.24) is 25.2 Å². The summed E-state index contributed by atoms with van der Waals surface area (Å²) in [5.74, 6) is -1.75. The molecule has 1 aliphatic rings. The predicted molar refractivity (Wildman–Crippen MR) is 84.3 cm³/mol. The Balaban J connectivity index is 2.03. The van der Waals surface area contributed by atoms with Crippen molar-refractivity contribution in [3.8, 4) is 5.69 Å². The maximum absolute atomic E-state index is 13.9. The van der Waals surface area contributed by atoms with Gasteiger partial charge in [0, 0.05) is 19.1 Å². The number of rotatable bonds is 3. The number of benzene rings is 1. The Kier molecular flexibility index (Phi) is 4.94. The number of aromatic nitrogens is 3. The molecule has 1 amide bonds. The van der Waals surface area contributed by atoms with E-state index in [1.807, 2.05) is 0 Å². The smallest absolute Gasteiger partial charge is 0.336 e. The van der Waals surface area contributed by atoms with E-state index in [4.69, 9.17) is 0 Å². The number of halogens is 4. The number of piperidine rings is 1. The number of para-hydroxylation sites is 1. The first-order valence-electron chi connectivity index (χ1n) is 8.07. The fourth-order valence-corrected chi connectivity index (χ4v) is 3.02. The number of carbonyl (C=O) groups excluding carboxylic acids is 1. The monoisotopic (exact) mass is 371 g/mol. The Hall–Kier alpha value is -2.49. The van der Waals surface area contributed by atoms with Crippen LogP contribution in [-0.2, 0) is 6.18 Å². The molecule has 6 nitrogen and oxygen atoms in total. The average Bonchev–Trinajstić information content (AvgIpc) is 3.06. The quantitative estimate of drug-likeness (QED) is 0.841. The highest BCUT2D eigenvalue weighted by atomic mass is 19.4. The maximum Gasteiger partial charge on any atom is 0.435 e. The van der Waals surface area contributed by atoms with Crippen molar-refractivity contribution >= 4 is 5.91 Å². The molecule has 0 spiro atoms. The molecule has 2 aromatic rings. The molecule has 0 aliphatic carbocycles. The van der Waals surface area contributed by atoms with Crippen LogP contribution in [0.25, 0.3) is 5.69 Å². The Labute approximate surface area is 146 Å². The van der Waals surface area contributed by atoms with Gasteiger partial charge in [-0.25, -0.2) is 9.07 Å². The summed E-state index contributed by atoms with van der Waals surface area (Å²) >= 11 is 0. The minimum atomic E-state index is -4.92. The van der Waals surface area contributed by atoms with E-state index < -0.39 is 35.0 Å². The molecule has 3 rings (SSSR count). The van der Waals surface area contributed by atoms with Crippen LogP contribution < -0.4 is 5.32 Å². The van der Waals surface area contributed by atoms with Crippen LogP contribution in [0, 0.1) is 5.82 Å². The van der Waals surface area contributed by atoms with E-state index in [-0.39, 0.29) is 12.6 Å². The number of alkyl halides is 3. The molecule has 140 valence electrons. The maximum atomic E-state index is 13.9. The first-order chi connectivity index (χ1) is 12.3. The fourth-order valence-electron chi connectivity index (χ4n) is 3.02. The fraction of sp³-hybridized carbons (Fsp3) is 0.438. The van der Waals surface area contributed by atoms with E-state index in [1.54, 1.807) is 7.05 Å². The van der Waals surface area contributed by atoms with Gasteiger partial charge in [-0.3, -0.25) is 4.79 Å². The SMILES string of the molecule is CNC1CCCN(C(=O)c2nnn(-c3ccccc3F)c2C(F)(F)F)C1. The molecule has 1 aromatic carbocycles. The number of hydrogen-bond donors (Lipinski definition) is 1. The number of amides is 1. The molecule has 1 aliphatic heterocycles. The number of likely N-dealkylation sites (tertiary alicyclic amines) is 1. The first-order valence-corrected chi connectivity index (χ1v) is 8.07. The molecule has 26 heavy (non-hydrogen) atoms. The van der Waals surface area contributed by atoms with Crippen LogP contribution in [0.4, 0.5) is 17.6 Å². The van der Waals surface area contributed by atoms with Crippen LogP contribution in [0.3, 0.4) is 0 Å². The second-order valence-electron chi connectivity index (χ2n) is 6.03. The minimum absolute atomic E-state index is 0.00338. The van der Waals surface area contributed by atoms with Gasteiger partial charge in [-0.1, -0.05) is 17.3 Å². The van der Waals surface area contributed by atoms with Gasteiger partial charge in [0.1, 0.15) is 11.5 Å². The molecule has 0 radical (unpaired) electrons. The van der Waals surface area contributed by atoms with E-state index in [2.05, 4.69) is 15.6 Å². The topological polar surface area (TPSA) is 63.1 Å². The predicted octanol–water partition coefficient (Wildman–Crippen LogP) is 2.25. The number of nitrogens with zero attached hydrogens (tertiary/aromatic N) is 4. The lowest BCUT2D eigenvalue weighted by atomic mass is 10.1. The van der Waals surface area contributed by atoms with Gasteiger partial charge in [-0.2, -0.15) is 13.2 Å². The molecule has 1 aromatic heterocycles. The summed E-state index contributed by atoms with van der Waals surface area (Å²) in [6, 6.07) is 4.89. The lowest BCUT2D eigenvalue weighted by Crippen LogP contribution is -2.47. The summed E-state index contributed by atoms with van der Waals surface area (Å²) in [4.78, 5) is 14.0. The highest BCUT2D eigenvalue weighted by molar-refractivity contribution is 5.93. The van der Waals surface area contributed by atoms with E-state index in [0.717, 1.165) is 18.6 Å². The number of hydrogen-bond acceptors (Lipinski definition) is 4. The van der Waals surface area contributed by atoms with Gasteiger partial charge in [-0.15, -0.1) is 5.10 Å². The third-order valence-corrected chi connectivity index (χ3v) is 4.34. The van der Waals surface area contributed by atoms with Gasteiger partial charge < -0.3 is 10.2 Å². The van der Waals surface area contributed by atoms with E-state index in [1.165, 1.54) is 17.0 Å². The molecule has 1 atom stereocenters. The largest absolute Gasteiger partial charge is 0.435 e. The van der Waals surface area contributed by atoms with Crippen molar-refractivity contribution < 1.29 is 22.4 Å². The second-order valence-corrected chi connectivity index (χ2v) is 6.03. The van der Waals surface area contributed by atoms with Crippen LogP contribution in [0.1, 0.15) is 29.0 Å². The van der Waals surface area contributed by atoms with Gasteiger partial charge in [-0.05, 0) is 32.0 Å². The summed E-state index contributed by atoms with van der Waals surface area (Å²) in [6.45, 7) is 0.611. The summed E-state index contributed by atoms with van der Waals surface area (Å²) in [7, 11) is 1.73. The zero-order valence-corrected chi connectivity index (χ0v) is 13.9. The highest BCUT2D eigenvalue weighted by Gasteiger charge is 2.43. The number of likely N-dealkylation sites (N-methyl/N-ethyl adjacent to an activating group) is 1. The van der Waals surface area contributed by atoms with Crippen LogP contribution in [0.15, 0.2) is 24.3 Å². The van der Waals surface area contributed by atoms with Crippen molar-refractivity contribution in [2.75, 3.05) is 20.1 Å². The molecule has 2 heterocycles. The molecule has 0 saturated carbocycles. The summed E-state index contributed by atoms with van der Waals surface area (Å²) in [6.07, 6.45) is -3.43. The molecular formula is C16H17F4N5O. The van der Waals surface area contributed by atoms with Crippen LogP contribution >= 0.6 is 0 Å². The van der Waals surface area contributed by atoms with Crippen molar-refractivity contribution in [1.29, 1.82) is 0 Å². The van der Waals surface area contributed by atoms with Crippen LogP contribution in [0.2, 0.25) is 0 Å². The molecule has 1 N–H and O–H groups in total. The lowest BCUT2D eigenvalue weighted by molar-refractivity contribution is -0.143. The first kappa shape index (κ1) is 18.3. The van der Waals surface area contributed by atoms with Gasteiger partial charge in [0.05, 0.1) is 0 Å². The van der Waals surface area contributed by atoms with Crippen molar-refractivity contribution in [2.24, 2.45) is 0 Å². The van der Waals surface area contributed by atoms with Crippen molar-refractivity contribution in [3.05, 3.63) is 41.5 Å². The third kappa shape index (κ3) is 3.41. The zero-order valence-electron chi connectivity index (χ0n) is 13.9. The minimum Gasteiger partial charge on any atom is -0.336 e. The van der Waals surface area contributed by atoms with E-state index in [9.17, 15) is 22.4 Å². The second kappa shape index (κ2) is 7.02. The van der Waals surface area contributed by atoms with Gasteiger partial charge in [0.15, 0.2) is 11.4 Å². The summed E-state index contributed by atoms with van der Waals surface area (Å²) in [5.41, 5.74) is -2.62. The third-order valence-electron chi connectivity index (χ3n) is 4.34. The molecular weight excluding hydrogens is 354 g/mol. The Morgan fingerprint density at radius 2 is 2.04 bits per heavy atom. The number of nitrogens with one attached hydrogen (secondary N) is 1. The molecule has 0 bridgehead atoms. The Morgan fingerprint density at radius 1 is 1.31 bits per heavy atom. The number of carbonyl (C=O) groups is 1. The van der Waals surface area contributed by atoms with Crippen molar-refractivity contribution in [2.45, 2.75) is 25.1 Å². The Bertz CT molecular complexity index is 804. The molecule has 1 fully saturated rings. The summed E-state index contributed by atoms with van der Waals surface area (Å²) < 4.78 is 55.2. The normalized spacial score (nSPS) is 18.2. The van der Waals surface area contributed by atoms with Crippen molar-refractivity contribution in [3.63, 3.8) is 0 Å². The highest BCUT2D eigenvalue weighted by Crippen LogP contribution is 2.34. The lowest BCUT2D eigenvalue weighted by Gasteiger charge is -2.32. The zero-order chi connectivity index (χ0) is 18.9. The molecule has 10 heteroatoms. The van der Waals surface area contributed by atoms with Gasteiger partial charge in [0.25, 0.3) is 5.91 Å². The van der Waals surface area contributed by atoms with Crippen LogP contribution in [0.5, 0.6) is 0 Å². The van der Waals surface area contributed by atoms with E-state index >= 15 is 0 Å². The standard InChI is InChI=1S/C16H17F4N5O/c1-21-10-5-4-8-24(9-10)15(26)13-14(16(18,19)20)25(23-22-13)12-7-3-2-6-11(12)17/h2-3,6-7,10,21H,4-5,8-9H2,1H3. The Morgan fingerprint density at radius 3 is 2.69 bits per heavy atom. The summed E-state index contributed by atoms with van der Waals surface area (Å²) in [5, 5.41) is 9.87. The van der Waals surface area contributed by atoms with Gasteiger partial charge in [0.2, 0.25) is 0 Å². The van der Waals surface area contributed by atoms with Gasteiger partial charge >= 0.3 is 6.18 Å².